The third-order valence-corrected chi connectivity index (χ3v) is 5.13. The van der Waals surface area contributed by atoms with Gasteiger partial charge in [-0.15, -0.1) is 0 Å². The van der Waals surface area contributed by atoms with Crippen molar-refractivity contribution in [2.24, 2.45) is 0 Å². The summed E-state index contributed by atoms with van der Waals surface area (Å²) in [6.45, 7) is 5.04. The van der Waals surface area contributed by atoms with Crippen LogP contribution in [0, 0.1) is 13.8 Å². The number of hydrogen-bond donors (Lipinski definition) is 1. The van der Waals surface area contributed by atoms with E-state index in [2.05, 4.69) is 35.8 Å². The van der Waals surface area contributed by atoms with Crippen LogP contribution in [0.5, 0.6) is 0 Å². The molecule has 16 heavy (non-hydrogen) atoms. The molecule has 4 heteroatoms. The number of anilines is 1. The molecule has 2 rings (SSSR count). The Labute approximate surface area is 109 Å². The molecular weight excluding hydrogens is 305 g/mol. The van der Waals surface area contributed by atoms with Crippen molar-refractivity contribution >= 4 is 31.8 Å². The van der Waals surface area contributed by atoms with Crippen molar-refractivity contribution < 1.29 is 0 Å². The van der Waals surface area contributed by atoms with Gasteiger partial charge in [0.15, 0.2) is 0 Å². The Balaban J connectivity index is 2.27. The number of aryl methyl sites for hydroxylation is 1. The summed E-state index contributed by atoms with van der Waals surface area (Å²) in [6, 6.07) is 7.97. The van der Waals surface area contributed by atoms with E-state index in [4.69, 9.17) is 5.73 Å². The molecule has 1 aromatic heterocycles. The number of nitrogens with zero attached hydrogens (tertiary/aromatic N) is 2. The number of rotatable bonds is 2. The van der Waals surface area contributed by atoms with Crippen LogP contribution in [0.4, 0.5) is 5.69 Å². The van der Waals surface area contributed by atoms with Crippen molar-refractivity contribution in [3.63, 3.8) is 0 Å². The van der Waals surface area contributed by atoms with Gasteiger partial charge in [-0.1, -0.05) is 0 Å². The number of nitrogen functional groups attached to an aromatic ring is 1. The van der Waals surface area contributed by atoms with Gasteiger partial charge >= 0.3 is 109 Å². The Morgan fingerprint density at radius 2 is 1.88 bits per heavy atom. The minimum atomic E-state index is 0.806. The molecule has 0 aliphatic heterocycles. The molecule has 82 valence electrons. The maximum absolute atomic E-state index is 5.66. The summed E-state index contributed by atoms with van der Waals surface area (Å²) in [7, 11) is 0. The molecular formula is C12H15N3Sn. The first-order valence-electron chi connectivity index (χ1n) is 5.22. The SMILES string of the molecule is Cc1nn(Cc2ccc(N)cc2)c(C)[c]1[SnH]. The number of nitrogens with two attached hydrogens (primary N) is 1. The maximum atomic E-state index is 5.66. The normalized spacial score (nSPS) is 10.7. The van der Waals surface area contributed by atoms with E-state index in [-0.39, 0.29) is 0 Å². The quantitative estimate of drug-likeness (QED) is 0.653. The van der Waals surface area contributed by atoms with Crippen molar-refractivity contribution in [1.82, 2.24) is 9.78 Å². The van der Waals surface area contributed by atoms with Crippen molar-refractivity contribution in [3.8, 4) is 0 Å². The van der Waals surface area contributed by atoms with Crippen LogP contribution in [0.2, 0.25) is 0 Å². The molecule has 0 unspecified atom stereocenters. The molecule has 0 atom stereocenters. The second-order valence-electron chi connectivity index (χ2n) is 3.98. The predicted octanol–water partition coefficient (Wildman–Crippen LogP) is 0.657. The summed E-state index contributed by atoms with van der Waals surface area (Å²) in [5, 5.41) is 4.55. The second-order valence-corrected chi connectivity index (χ2v) is 5.63. The van der Waals surface area contributed by atoms with Crippen molar-refractivity contribution in [3.05, 3.63) is 41.2 Å². The topological polar surface area (TPSA) is 43.8 Å². The monoisotopic (exact) mass is 321 g/mol. The third kappa shape index (κ3) is 2.24. The van der Waals surface area contributed by atoms with Gasteiger partial charge < -0.3 is 0 Å². The van der Waals surface area contributed by atoms with Crippen molar-refractivity contribution in [2.45, 2.75) is 20.4 Å². The van der Waals surface area contributed by atoms with E-state index < -0.39 is 0 Å². The minimum absolute atomic E-state index is 0.806. The van der Waals surface area contributed by atoms with Gasteiger partial charge in [0.05, 0.1) is 0 Å². The van der Waals surface area contributed by atoms with E-state index in [0.717, 1.165) is 40.5 Å². The number of hydrogen-bond acceptors (Lipinski definition) is 2. The van der Waals surface area contributed by atoms with Crippen molar-refractivity contribution in [2.75, 3.05) is 5.73 Å². The summed E-state index contributed by atoms with van der Waals surface area (Å²) >= 11 is 1.13. The van der Waals surface area contributed by atoms with Crippen LogP contribution in [0.3, 0.4) is 0 Å². The van der Waals surface area contributed by atoms with E-state index in [0.29, 0.717) is 0 Å². The van der Waals surface area contributed by atoms with Gasteiger partial charge in [0, 0.05) is 0 Å². The average molecular weight is 320 g/mol. The third-order valence-electron chi connectivity index (χ3n) is 2.75. The standard InChI is InChI=1S/C12H14N3.Sn.H/c1-9-7-10(2)15(14-9)8-11-3-5-12(13)6-4-11;;/h3-6H,8,13H2,1-2H3;;. The summed E-state index contributed by atoms with van der Waals surface area (Å²) in [5.74, 6) is 0. The molecule has 0 spiro atoms. The molecule has 3 nitrogen and oxygen atoms in total. The average Bonchev–Trinajstić information content (AvgIpc) is 2.50. The van der Waals surface area contributed by atoms with Gasteiger partial charge in [-0.25, -0.2) is 0 Å². The zero-order chi connectivity index (χ0) is 11.7. The fourth-order valence-electron chi connectivity index (χ4n) is 1.66. The molecule has 2 aromatic rings. The molecule has 1 heterocycles. The number of aromatic nitrogens is 2. The zero-order valence-electron chi connectivity index (χ0n) is 9.57. The second kappa shape index (κ2) is 4.49. The summed E-state index contributed by atoms with van der Waals surface area (Å²) in [6.07, 6.45) is 0. The van der Waals surface area contributed by atoms with Crippen LogP contribution < -0.4 is 9.31 Å². The molecule has 1 aromatic carbocycles. The molecule has 0 aliphatic carbocycles. The van der Waals surface area contributed by atoms with E-state index in [1.54, 1.807) is 0 Å². The fraction of sp³-hybridized carbons (Fsp3) is 0.250. The van der Waals surface area contributed by atoms with Crippen LogP contribution in [-0.2, 0) is 6.54 Å². The first kappa shape index (κ1) is 11.5. The molecule has 0 saturated carbocycles. The molecule has 0 saturated heterocycles. The Bertz CT molecular complexity index is 500. The number of benzene rings is 1. The van der Waals surface area contributed by atoms with Crippen LogP contribution in [0.1, 0.15) is 17.0 Å². The first-order valence-corrected chi connectivity index (χ1v) is 6.86. The molecule has 2 radical (unpaired) electrons. The molecule has 0 fully saturated rings. The van der Waals surface area contributed by atoms with E-state index in [1.165, 1.54) is 14.8 Å². The Morgan fingerprint density at radius 1 is 1.25 bits per heavy atom. The molecule has 0 amide bonds. The predicted molar refractivity (Wildman–Crippen MR) is 68.4 cm³/mol. The van der Waals surface area contributed by atoms with E-state index in [1.807, 2.05) is 12.1 Å². The van der Waals surface area contributed by atoms with Crippen molar-refractivity contribution in [1.29, 1.82) is 0 Å². The summed E-state index contributed by atoms with van der Waals surface area (Å²) < 4.78 is 3.47. The molecule has 2 N–H and O–H groups in total. The van der Waals surface area contributed by atoms with Gasteiger partial charge in [0.1, 0.15) is 0 Å². The van der Waals surface area contributed by atoms with Gasteiger partial charge in [-0.2, -0.15) is 0 Å². The van der Waals surface area contributed by atoms with E-state index in [9.17, 15) is 0 Å². The Hall–Kier alpha value is -0.971. The van der Waals surface area contributed by atoms with Crippen LogP contribution in [0.25, 0.3) is 0 Å². The Morgan fingerprint density at radius 3 is 2.38 bits per heavy atom. The van der Waals surface area contributed by atoms with Crippen LogP contribution in [0.15, 0.2) is 24.3 Å². The molecule has 0 aliphatic rings. The summed E-state index contributed by atoms with van der Waals surface area (Å²) in [5.41, 5.74) is 10.2. The molecule has 0 bridgehead atoms. The van der Waals surface area contributed by atoms with Gasteiger partial charge in [0.2, 0.25) is 0 Å². The Kier molecular flexibility index (Phi) is 3.23. The first-order chi connectivity index (χ1) is 7.58. The van der Waals surface area contributed by atoms with Crippen LogP contribution in [-0.4, -0.2) is 32.3 Å². The fourth-order valence-corrected chi connectivity index (χ4v) is 2.25. The van der Waals surface area contributed by atoms with Gasteiger partial charge in [-0.05, 0) is 0 Å². The summed E-state index contributed by atoms with van der Waals surface area (Å²) in [4.78, 5) is 0. The van der Waals surface area contributed by atoms with E-state index >= 15 is 0 Å². The zero-order valence-corrected chi connectivity index (χ0v) is 12.9. The van der Waals surface area contributed by atoms with Gasteiger partial charge in [-0.3, -0.25) is 0 Å². The van der Waals surface area contributed by atoms with Gasteiger partial charge in [0.25, 0.3) is 0 Å². The van der Waals surface area contributed by atoms with Crippen LogP contribution >= 0.6 is 0 Å².